The van der Waals surface area contributed by atoms with Crippen molar-refractivity contribution in [2.75, 3.05) is 40.4 Å². The molecule has 0 radical (unpaired) electrons. The summed E-state index contributed by atoms with van der Waals surface area (Å²) in [7, 11) is 3.97. The maximum atomic E-state index is 5.10. The van der Waals surface area contributed by atoms with Crippen LogP contribution in [0.4, 0.5) is 0 Å². The lowest BCUT2D eigenvalue weighted by Crippen LogP contribution is -2.55. The Labute approximate surface area is 81.7 Å². The lowest BCUT2D eigenvalue weighted by molar-refractivity contribution is 0.0404. The standard InChI is InChI=1S/C10H22N2O/c1-9-8-12(5-6-13-4)10(2)7-11(9)3/h9-10H,5-8H2,1-4H3. The summed E-state index contributed by atoms with van der Waals surface area (Å²) in [5.41, 5.74) is 0. The van der Waals surface area contributed by atoms with Gasteiger partial charge >= 0.3 is 0 Å². The second kappa shape index (κ2) is 4.94. The van der Waals surface area contributed by atoms with Crippen LogP contribution in [0.5, 0.6) is 0 Å². The van der Waals surface area contributed by atoms with Gasteiger partial charge in [-0.05, 0) is 20.9 Å². The molecule has 3 heteroatoms. The second-order valence-corrected chi connectivity index (χ2v) is 4.13. The van der Waals surface area contributed by atoms with Gasteiger partial charge in [0.05, 0.1) is 6.61 Å². The molecule has 3 nitrogen and oxygen atoms in total. The van der Waals surface area contributed by atoms with E-state index in [4.69, 9.17) is 4.74 Å². The van der Waals surface area contributed by atoms with E-state index in [2.05, 4.69) is 30.7 Å². The van der Waals surface area contributed by atoms with E-state index in [-0.39, 0.29) is 0 Å². The summed E-state index contributed by atoms with van der Waals surface area (Å²) in [6.07, 6.45) is 0. The topological polar surface area (TPSA) is 15.7 Å². The zero-order valence-electron chi connectivity index (χ0n) is 9.29. The summed E-state index contributed by atoms with van der Waals surface area (Å²) in [5.74, 6) is 0. The highest BCUT2D eigenvalue weighted by Gasteiger charge is 2.25. The van der Waals surface area contributed by atoms with Gasteiger partial charge in [-0.1, -0.05) is 0 Å². The van der Waals surface area contributed by atoms with Crippen molar-refractivity contribution in [2.45, 2.75) is 25.9 Å². The first-order chi connectivity index (χ1) is 6.15. The Hall–Kier alpha value is -0.120. The molecule has 1 saturated heterocycles. The van der Waals surface area contributed by atoms with Gasteiger partial charge in [-0.3, -0.25) is 4.90 Å². The number of hydrogen-bond acceptors (Lipinski definition) is 3. The van der Waals surface area contributed by atoms with Crippen LogP contribution in [0.3, 0.4) is 0 Å². The summed E-state index contributed by atoms with van der Waals surface area (Å²) in [4.78, 5) is 4.93. The summed E-state index contributed by atoms with van der Waals surface area (Å²) < 4.78 is 5.10. The fraction of sp³-hybridized carbons (Fsp3) is 1.00. The van der Waals surface area contributed by atoms with E-state index in [1.54, 1.807) is 7.11 Å². The fourth-order valence-electron chi connectivity index (χ4n) is 1.89. The highest BCUT2D eigenvalue weighted by molar-refractivity contribution is 4.82. The van der Waals surface area contributed by atoms with Crippen LogP contribution in [-0.2, 0) is 4.74 Å². The molecule has 13 heavy (non-hydrogen) atoms. The normalized spacial score (nSPS) is 32.3. The minimum atomic E-state index is 0.663. The molecule has 2 unspecified atom stereocenters. The average Bonchev–Trinajstić information content (AvgIpc) is 2.09. The number of hydrogen-bond donors (Lipinski definition) is 0. The maximum Gasteiger partial charge on any atom is 0.0589 e. The Bertz CT molecular complexity index is 152. The minimum Gasteiger partial charge on any atom is -0.383 e. The van der Waals surface area contributed by atoms with Crippen LogP contribution in [0.25, 0.3) is 0 Å². The first-order valence-electron chi connectivity index (χ1n) is 5.08. The number of methoxy groups -OCH3 is 1. The van der Waals surface area contributed by atoms with Gasteiger partial charge in [0.1, 0.15) is 0 Å². The molecule has 0 saturated carbocycles. The zero-order valence-corrected chi connectivity index (χ0v) is 9.29. The van der Waals surface area contributed by atoms with Crippen LogP contribution in [-0.4, -0.2) is 62.3 Å². The van der Waals surface area contributed by atoms with Gasteiger partial charge in [0.25, 0.3) is 0 Å². The van der Waals surface area contributed by atoms with E-state index in [0.717, 1.165) is 13.2 Å². The van der Waals surface area contributed by atoms with E-state index >= 15 is 0 Å². The molecule has 0 aromatic rings. The average molecular weight is 186 g/mol. The Morgan fingerprint density at radius 3 is 2.54 bits per heavy atom. The monoisotopic (exact) mass is 186 g/mol. The third kappa shape index (κ3) is 2.93. The van der Waals surface area contributed by atoms with E-state index < -0.39 is 0 Å². The molecule has 0 aliphatic carbocycles. The van der Waals surface area contributed by atoms with Crippen LogP contribution in [0.2, 0.25) is 0 Å². The fourth-order valence-corrected chi connectivity index (χ4v) is 1.89. The number of likely N-dealkylation sites (N-methyl/N-ethyl adjacent to an activating group) is 1. The number of ether oxygens (including phenoxy) is 1. The molecule has 0 spiro atoms. The van der Waals surface area contributed by atoms with Gasteiger partial charge in [-0.15, -0.1) is 0 Å². The van der Waals surface area contributed by atoms with Gasteiger partial charge < -0.3 is 9.64 Å². The highest BCUT2D eigenvalue weighted by Crippen LogP contribution is 2.12. The predicted octanol–water partition coefficient (Wildman–Crippen LogP) is 0.657. The first-order valence-corrected chi connectivity index (χ1v) is 5.08. The maximum absolute atomic E-state index is 5.10. The molecule has 78 valence electrons. The van der Waals surface area contributed by atoms with E-state index in [1.165, 1.54) is 13.1 Å². The molecule has 0 aromatic carbocycles. The van der Waals surface area contributed by atoms with Crippen LogP contribution in [0.15, 0.2) is 0 Å². The minimum absolute atomic E-state index is 0.663. The van der Waals surface area contributed by atoms with Crippen molar-refractivity contribution in [3.8, 4) is 0 Å². The van der Waals surface area contributed by atoms with Gasteiger partial charge in [-0.25, -0.2) is 0 Å². The molecule has 0 aromatic heterocycles. The third-order valence-electron chi connectivity index (χ3n) is 3.01. The Morgan fingerprint density at radius 2 is 1.92 bits per heavy atom. The van der Waals surface area contributed by atoms with Gasteiger partial charge in [0.15, 0.2) is 0 Å². The first kappa shape index (κ1) is 11.0. The van der Waals surface area contributed by atoms with Crippen LogP contribution in [0, 0.1) is 0 Å². The SMILES string of the molecule is COCCN1CC(C)N(C)CC1C. The van der Waals surface area contributed by atoms with Crippen LogP contribution in [0.1, 0.15) is 13.8 Å². The van der Waals surface area contributed by atoms with Crippen LogP contribution < -0.4 is 0 Å². The third-order valence-corrected chi connectivity index (χ3v) is 3.01. The van der Waals surface area contributed by atoms with Crippen molar-refractivity contribution in [2.24, 2.45) is 0 Å². The quantitative estimate of drug-likeness (QED) is 0.644. The lowest BCUT2D eigenvalue weighted by Gasteiger charge is -2.42. The van der Waals surface area contributed by atoms with Crippen LogP contribution >= 0.6 is 0 Å². The number of piperazine rings is 1. The van der Waals surface area contributed by atoms with Gasteiger partial charge in [-0.2, -0.15) is 0 Å². The molecule has 1 rings (SSSR count). The number of rotatable bonds is 3. The predicted molar refractivity (Wildman–Crippen MR) is 55.0 cm³/mol. The lowest BCUT2D eigenvalue weighted by atomic mass is 10.1. The summed E-state index contributed by atoms with van der Waals surface area (Å²) in [6.45, 7) is 8.83. The van der Waals surface area contributed by atoms with Crippen molar-refractivity contribution < 1.29 is 4.74 Å². The molecule has 1 aliphatic heterocycles. The van der Waals surface area contributed by atoms with Crippen molar-refractivity contribution in [1.82, 2.24) is 9.80 Å². The molecule has 0 N–H and O–H groups in total. The Morgan fingerprint density at radius 1 is 1.23 bits per heavy atom. The van der Waals surface area contributed by atoms with Gasteiger partial charge in [0, 0.05) is 38.8 Å². The van der Waals surface area contributed by atoms with Crippen molar-refractivity contribution >= 4 is 0 Å². The highest BCUT2D eigenvalue weighted by atomic mass is 16.5. The van der Waals surface area contributed by atoms with E-state index in [0.29, 0.717) is 12.1 Å². The van der Waals surface area contributed by atoms with Crippen molar-refractivity contribution in [1.29, 1.82) is 0 Å². The van der Waals surface area contributed by atoms with Crippen molar-refractivity contribution in [3.05, 3.63) is 0 Å². The molecule has 0 amide bonds. The molecule has 1 aliphatic rings. The summed E-state index contributed by atoms with van der Waals surface area (Å²) in [6, 6.07) is 1.34. The van der Waals surface area contributed by atoms with Gasteiger partial charge in [0.2, 0.25) is 0 Å². The summed E-state index contributed by atoms with van der Waals surface area (Å²) >= 11 is 0. The molecule has 1 fully saturated rings. The zero-order chi connectivity index (χ0) is 9.84. The van der Waals surface area contributed by atoms with Crippen molar-refractivity contribution in [3.63, 3.8) is 0 Å². The molecular formula is C10H22N2O. The summed E-state index contributed by atoms with van der Waals surface area (Å²) in [5, 5.41) is 0. The second-order valence-electron chi connectivity index (χ2n) is 4.13. The molecular weight excluding hydrogens is 164 g/mol. The molecule has 1 heterocycles. The number of nitrogens with zero attached hydrogens (tertiary/aromatic N) is 2. The Kier molecular flexibility index (Phi) is 4.16. The Balaban J connectivity index is 2.37. The molecule has 0 bridgehead atoms. The van der Waals surface area contributed by atoms with E-state index in [9.17, 15) is 0 Å². The largest absolute Gasteiger partial charge is 0.383 e. The molecule has 2 atom stereocenters. The smallest absolute Gasteiger partial charge is 0.0589 e. The van der Waals surface area contributed by atoms with E-state index in [1.807, 2.05) is 0 Å².